The van der Waals surface area contributed by atoms with Crippen molar-refractivity contribution in [1.29, 1.82) is 0 Å². The summed E-state index contributed by atoms with van der Waals surface area (Å²) in [6.07, 6.45) is 7.32. The third-order valence-electron chi connectivity index (χ3n) is 3.84. The number of benzene rings is 1. The first kappa shape index (κ1) is 18.1. The van der Waals surface area contributed by atoms with Gasteiger partial charge in [-0.1, -0.05) is 36.4 Å². The van der Waals surface area contributed by atoms with Crippen LogP contribution >= 0.6 is 0 Å². The summed E-state index contributed by atoms with van der Waals surface area (Å²) in [4.78, 5) is 11.1. The zero-order chi connectivity index (χ0) is 17.4. The second kappa shape index (κ2) is 9.18. The maximum absolute atomic E-state index is 5.89. The van der Waals surface area contributed by atoms with Crippen LogP contribution in [0.1, 0.15) is 39.0 Å². The smallest absolute Gasteiger partial charge is 0.239 e. The molecule has 0 aliphatic rings. The lowest BCUT2D eigenvalue weighted by molar-refractivity contribution is 0.140. The molecule has 0 unspecified atom stereocenters. The van der Waals surface area contributed by atoms with Crippen molar-refractivity contribution < 1.29 is 4.74 Å². The molecule has 0 aliphatic carbocycles. The van der Waals surface area contributed by atoms with Gasteiger partial charge in [0, 0.05) is 31.0 Å². The topological polar surface area (TPSA) is 38.2 Å². The van der Waals surface area contributed by atoms with Gasteiger partial charge >= 0.3 is 0 Å². The number of rotatable bonds is 8. The number of nitrogens with zero attached hydrogens (tertiary/aromatic N) is 3. The van der Waals surface area contributed by atoms with E-state index in [-0.39, 0.29) is 0 Å². The number of hydrogen-bond donors (Lipinski definition) is 0. The van der Waals surface area contributed by atoms with Gasteiger partial charge in [-0.25, -0.2) is 9.97 Å². The molecule has 2 aromatic rings. The van der Waals surface area contributed by atoms with E-state index in [9.17, 15) is 0 Å². The Kier molecular flexibility index (Phi) is 6.94. The molecule has 4 nitrogen and oxygen atoms in total. The van der Waals surface area contributed by atoms with Gasteiger partial charge < -0.3 is 4.74 Å². The molecule has 1 aromatic heterocycles. The Balaban J connectivity index is 2.00. The van der Waals surface area contributed by atoms with E-state index in [0.717, 1.165) is 17.8 Å². The van der Waals surface area contributed by atoms with Crippen molar-refractivity contribution in [2.24, 2.45) is 0 Å². The van der Waals surface area contributed by atoms with E-state index in [4.69, 9.17) is 4.74 Å². The van der Waals surface area contributed by atoms with E-state index in [1.54, 1.807) is 12.4 Å². The molecule has 0 radical (unpaired) electrons. The Hall–Kier alpha value is -2.20. The van der Waals surface area contributed by atoms with Gasteiger partial charge in [0.25, 0.3) is 0 Å². The average Bonchev–Trinajstić information content (AvgIpc) is 2.58. The molecule has 1 heterocycles. The lowest BCUT2D eigenvalue weighted by atomic mass is 10.2. The zero-order valence-corrected chi connectivity index (χ0v) is 15.0. The van der Waals surface area contributed by atoms with E-state index in [2.05, 4.69) is 54.7 Å². The summed E-state index contributed by atoms with van der Waals surface area (Å²) < 4.78 is 5.89. The van der Waals surface area contributed by atoms with E-state index < -0.39 is 0 Å². The molecular formula is C20H27N3O. The predicted molar refractivity (Wildman–Crippen MR) is 99.9 cm³/mol. The summed E-state index contributed by atoms with van der Waals surface area (Å²) in [5.41, 5.74) is 1.88. The Labute approximate surface area is 145 Å². The van der Waals surface area contributed by atoms with Gasteiger partial charge in [0.15, 0.2) is 0 Å². The lowest BCUT2D eigenvalue weighted by Crippen LogP contribution is -2.39. The highest BCUT2D eigenvalue weighted by Gasteiger charge is 2.13. The molecule has 0 fully saturated rings. The summed E-state index contributed by atoms with van der Waals surface area (Å²) in [6, 6.07) is 11.1. The van der Waals surface area contributed by atoms with Crippen LogP contribution in [0.3, 0.4) is 0 Å². The zero-order valence-electron chi connectivity index (χ0n) is 15.0. The van der Waals surface area contributed by atoms with Crippen LogP contribution in [0, 0.1) is 0 Å². The van der Waals surface area contributed by atoms with Crippen LogP contribution in [0.15, 0.2) is 42.7 Å². The van der Waals surface area contributed by atoms with Crippen molar-refractivity contribution >= 4 is 12.2 Å². The van der Waals surface area contributed by atoms with Crippen molar-refractivity contribution in [3.05, 3.63) is 54.0 Å². The van der Waals surface area contributed by atoms with Crippen LogP contribution in [0.5, 0.6) is 5.88 Å². The maximum Gasteiger partial charge on any atom is 0.239 e. The Bertz CT molecular complexity index is 630. The first-order valence-electron chi connectivity index (χ1n) is 8.50. The molecule has 0 atom stereocenters. The Morgan fingerprint density at radius 1 is 0.958 bits per heavy atom. The molecule has 2 rings (SSSR count). The first-order chi connectivity index (χ1) is 11.6. The van der Waals surface area contributed by atoms with Crippen LogP contribution < -0.4 is 4.74 Å². The second-order valence-corrected chi connectivity index (χ2v) is 6.26. The Morgan fingerprint density at radius 3 is 2.29 bits per heavy atom. The van der Waals surface area contributed by atoms with Crippen LogP contribution in [-0.2, 0) is 0 Å². The van der Waals surface area contributed by atoms with E-state index in [1.807, 2.05) is 30.4 Å². The molecule has 0 spiro atoms. The number of ether oxygens (including phenoxy) is 1. The number of aromatic nitrogens is 2. The van der Waals surface area contributed by atoms with Crippen molar-refractivity contribution in [1.82, 2.24) is 14.9 Å². The average molecular weight is 325 g/mol. The van der Waals surface area contributed by atoms with Gasteiger partial charge in [-0.15, -0.1) is 0 Å². The molecule has 0 saturated heterocycles. The van der Waals surface area contributed by atoms with Gasteiger partial charge in [0.05, 0.1) is 0 Å². The second-order valence-electron chi connectivity index (χ2n) is 6.26. The fourth-order valence-electron chi connectivity index (χ4n) is 2.66. The van der Waals surface area contributed by atoms with Gasteiger partial charge in [-0.3, -0.25) is 4.90 Å². The molecule has 24 heavy (non-hydrogen) atoms. The molecule has 0 aliphatic heterocycles. The van der Waals surface area contributed by atoms with Crippen LogP contribution in [0.25, 0.3) is 12.2 Å². The minimum absolute atomic E-state index is 0.493. The van der Waals surface area contributed by atoms with E-state index >= 15 is 0 Å². The summed E-state index contributed by atoms with van der Waals surface area (Å²) in [7, 11) is 0. The first-order valence-corrected chi connectivity index (χ1v) is 8.50. The van der Waals surface area contributed by atoms with E-state index in [1.165, 1.54) is 0 Å². The molecule has 1 aromatic carbocycles. The minimum atomic E-state index is 0.493. The molecule has 0 N–H and O–H groups in total. The normalized spacial score (nSPS) is 11.8. The highest BCUT2D eigenvalue weighted by Crippen LogP contribution is 2.15. The highest BCUT2D eigenvalue weighted by atomic mass is 16.5. The predicted octanol–water partition coefficient (Wildman–Crippen LogP) is 4.14. The fourth-order valence-corrected chi connectivity index (χ4v) is 2.66. The highest BCUT2D eigenvalue weighted by molar-refractivity contribution is 5.69. The molecule has 4 heteroatoms. The van der Waals surface area contributed by atoms with Crippen LogP contribution in [0.4, 0.5) is 0 Å². The standard InChI is InChI=1S/C20H27N3O/c1-16(2)23(17(3)4)14-15-24-20-19(21-12-13-22-20)11-10-18-8-6-5-7-9-18/h5-13,16-17H,14-15H2,1-4H3/b11-10+. The minimum Gasteiger partial charge on any atom is -0.475 e. The van der Waals surface area contributed by atoms with Gasteiger partial charge in [-0.2, -0.15) is 0 Å². The van der Waals surface area contributed by atoms with Gasteiger partial charge in [0.2, 0.25) is 5.88 Å². The molecular weight excluding hydrogens is 298 g/mol. The summed E-state index contributed by atoms with van der Waals surface area (Å²) in [6.45, 7) is 10.3. The third kappa shape index (κ3) is 5.46. The lowest BCUT2D eigenvalue weighted by Gasteiger charge is -2.30. The fraction of sp³-hybridized carbons (Fsp3) is 0.400. The van der Waals surface area contributed by atoms with Gasteiger partial charge in [0.1, 0.15) is 12.3 Å². The van der Waals surface area contributed by atoms with Crippen molar-refractivity contribution in [2.45, 2.75) is 39.8 Å². The van der Waals surface area contributed by atoms with Crippen LogP contribution in [-0.4, -0.2) is 40.1 Å². The van der Waals surface area contributed by atoms with E-state index in [0.29, 0.717) is 24.6 Å². The summed E-state index contributed by atoms with van der Waals surface area (Å²) in [5.74, 6) is 0.581. The number of hydrogen-bond acceptors (Lipinski definition) is 4. The molecule has 128 valence electrons. The quantitative estimate of drug-likeness (QED) is 0.731. The molecule has 0 bridgehead atoms. The third-order valence-corrected chi connectivity index (χ3v) is 3.84. The largest absolute Gasteiger partial charge is 0.475 e. The van der Waals surface area contributed by atoms with Crippen LogP contribution in [0.2, 0.25) is 0 Å². The Morgan fingerprint density at radius 2 is 1.62 bits per heavy atom. The molecule has 0 saturated carbocycles. The van der Waals surface area contributed by atoms with Crippen molar-refractivity contribution in [2.75, 3.05) is 13.2 Å². The SMILES string of the molecule is CC(C)N(CCOc1nccnc1/C=C/c1ccccc1)C(C)C. The summed E-state index contributed by atoms with van der Waals surface area (Å²) in [5, 5.41) is 0. The van der Waals surface area contributed by atoms with Crippen molar-refractivity contribution in [3.8, 4) is 5.88 Å². The van der Waals surface area contributed by atoms with Gasteiger partial charge in [-0.05, 0) is 39.3 Å². The monoisotopic (exact) mass is 325 g/mol. The van der Waals surface area contributed by atoms with Crippen molar-refractivity contribution in [3.63, 3.8) is 0 Å². The maximum atomic E-state index is 5.89. The summed E-state index contributed by atoms with van der Waals surface area (Å²) >= 11 is 0. The molecule has 0 amide bonds.